The fourth-order valence-electron chi connectivity index (χ4n) is 2.91. The monoisotopic (exact) mass is 389 g/mol. The number of amides is 4. The van der Waals surface area contributed by atoms with E-state index in [0.29, 0.717) is 13.0 Å². The third kappa shape index (κ3) is 5.55. The van der Waals surface area contributed by atoms with Gasteiger partial charge in [0.25, 0.3) is 0 Å². The molecule has 1 atom stereocenters. The molecule has 0 spiro atoms. The van der Waals surface area contributed by atoms with Gasteiger partial charge in [-0.3, -0.25) is 14.5 Å². The van der Waals surface area contributed by atoms with Gasteiger partial charge < -0.3 is 15.0 Å². The van der Waals surface area contributed by atoms with E-state index in [1.54, 1.807) is 6.92 Å². The number of nitrogens with one attached hydrogen (secondary N) is 1. The van der Waals surface area contributed by atoms with Crippen molar-refractivity contribution in [3.63, 3.8) is 0 Å². The SMILES string of the molecule is CCN1CCN(C(=O)N[C@@H](CC(C)C)C(=O)OCc2ccccc2)C(=O)C1=O. The molecule has 8 nitrogen and oxygen atoms in total. The van der Waals surface area contributed by atoms with Crippen molar-refractivity contribution in [1.29, 1.82) is 0 Å². The predicted molar refractivity (Wildman–Crippen MR) is 102 cm³/mol. The number of hydrogen-bond donors (Lipinski definition) is 1. The van der Waals surface area contributed by atoms with Crippen molar-refractivity contribution in [3.8, 4) is 0 Å². The number of carbonyl (C=O) groups is 4. The van der Waals surface area contributed by atoms with Crippen molar-refractivity contribution in [1.82, 2.24) is 15.1 Å². The van der Waals surface area contributed by atoms with Gasteiger partial charge in [-0.05, 0) is 24.8 Å². The van der Waals surface area contributed by atoms with E-state index in [9.17, 15) is 19.2 Å². The van der Waals surface area contributed by atoms with Crippen LogP contribution in [0.2, 0.25) is 0 Å². The fourth-order valence-corrected chi connectivity index (χ4v) is 2.91. The molecule has 152 valence electrons. The van der Waals surface area contributed by atoms with Gasteiger partial charge in [0, 0.05) is 19.6 Å². The van der Waals surface area contributed by atoms with E-state index in [2.05, 4.69) is 5.32 Å². The first-order chi connectivity index (χ1) is 13.3. The van der Waals surface area contributed by atoms with Gasteiger partial charge in [-0.1, -0.05) is 44.2 Å². The third-order valence-electron chi connectivity index (χ3n) is 4.45. The van der Waals surface area contributed by atoms with Crippen LogP contribution in [0.1, 0.15) is 32.8 Å². The van der Waals surface area contributed by atoms with Gasteiger partial charge >= 0.3 is 23.8 Å². The molecule has 4 amide bonds. The molecule has 1 aromatic carbocycles. The van der Waals surface area contributed by atoms with E-state index in [4.69, 9.17) is 4.74 Å². The number of carbonyl (C=O) groups excluding carboxylic acids is 4. The molecule has 1 heterocycles. The molecule has 0 radical (unpaired) electrons. The topological polar surface area (TPSA) is 96.0 Å². The fraction of sp³-hybridized carbons (Fsp3) is 0.500. The number of esters is 1. The highest BCUT2D eigenvalue weighted by atomic mass is 16.5. The Kier molecular flexibility index (Phi) is 7.54. The molecule has 0 bridgehead atoms. The Hall–Kier alpha value is -2.90. The minimum Gasteiger partial charge on any atom is -0.459 e. The van der Waals surface area contributed by atoms with Crippen LogP contribution in [0.25, 0.3) is 0 Å². The van der Waals surface area contributed by atoms with Gasteiger partial charge in [0.05, 0.1) is 0 Å². The van der Waals surface area contributed by atoms with Gasteiger partial charge in [-0.15, -0.1) is 0 Å². The number of nitrogens with zero attached hydrogens (tertiary/aromatic N) is 2. The van der Waals surface area contributed by atoms with Crippen molar-refractivity contribution >= 4 is 23.8 Å². The molecule has 0 unspecified atom stereocenters. The molecule has 1 aliphatic rings. The second-order valence-electron chi connectivity index (χ2n) is 7.07. The van der Waals surface area contributed by atoms with Crippen LogP contribution in [-0.2, 0) is 25.7 Å². The summed E-state index contributed by atoms with van der Waals surface area (Å²) in [4.78, 5) is 51.4. The first-order valence-electron chi connectivity index (χ1n) is 9.45. The molecule has 2 rings (SSSR count). The Bertz CT molecular complexity index is 720. The molecule has 0 aliphatic carbocycles. The van der Waals surface area contributed by atoms with E-state index in [-0.39, 0.29) is 25.6 Å². The van der Waals surface area contributed by atoms with Crippen molar-refractivity contribution < 1.29 is 23.9 Å². The van der Waals surface area contributed by atoms with Gasteiger partial charge in [0.2, 0.25) is 0 Å². The van der Waals surface area contributed by atoms with Crippen LogP contribution in [0, 0.1) is 5.92 Å². The summed E-state index contributed by atoms with van der Waals surface area (Å²) in [6.07, 6.45) is 0.358. The van der Waals surface area contributed by atoms with Crippen molar-refractivity contribution in [3.05, 3.63) is 35.9 Å². The van der Waals surface area contributed by atoms with Crippen LogP contribution in [0.4, 0.5) is 4.79 Å². The number of benzene rings is 1. The average Bonchev–Trinajstić information content (AvgIpc) is 2.68. The van der Waals surface area contributed by atoms with Crippen LogP contribution >= 0.6 is 0 Å². The highest BCUT2D eigenvalue weighted by molar-refractivity contribution is 6.38. The minimum atomic E-state index is -0.900. The number of piperazine rings is 1. The van der Waals surface area contributed by atoms with Crippen LogP contribution < -0.4 is 5.32 Å². The zero-order chi connectivity index (χ0) is 20.7. The van der Waals surface area contributed by atoms with E-state index >= 15 is 0 Å². The first-order valence-corrected chi connectivity index (χ1v) is 9.45. The smallest absolute Gasteiger partial charge is 0.329 e. The van der Waals surface area contributed by atoms with Crippen LogP contribution in [-0.4, -0.2) is 59.3 Å². The van der Waals surface area contributed by atoms with Crippen molar-refractivity contribution in [2.24, 2.45) is 5.92 Å². The summed E-state index contributed by atoms with van der Waals surface area (Å²) >= 11 is 0. The quantitative estimate of drug-likeness (QED) is 0.564. The maximum Gasteiger partial charge on any atom is 0.329 e. The Morgan fingerprint density at radius 3 is 2.39 bits per heavy atom. The zero-order valence-corrected chi connectivity index (χ0v) is 16.5. The standard InChI is InChI=1S/C20H27N3O5/c1-4-22-10-11-23(18(25)17(22)24)20(27)21-16(12-14(2)3)19(26)28-13-15-8-6-5-7-9-15/h5-9,14,16H,4,10-13H2,1-3H3,(H,21,27)/t16-/m0/s1. The summed E-state index contributed by atoms with van der Waals surface area (Å²) in [5, 5.41) is 2.56. The number of imide groups is 1. The molecule has 0 aromatic heterocycles. The third-order valence-corrected chi connectivity index (χ3v) is 4.45. The van der Waals surface area contributed by atoms with Gasteiger partial charge in [-0.25, -0.2) is 9.59 Å². The molecular formula is C20H27N3O5. The van der Waals surface area contributed by atoms with E-state index in [0.717, 1.165) is 10.5 Å². The van der Waals surface area contributed by atoms with Crippen LogP contribution in [0.5, 0.6) is 0 Å². The summed E-state index contributed by atoms with van der Waals surface area (Å²) in [5.41, 5.74) is 0.835. The number of rotatable bonds is 7. The van der Waals surface area contributed by atoms with Crippen molar-refractivity contribution in [2.45, 2.75) is 39.8 Å². The lowest BCUT2D eigenvalue weighted by Crippen LogP contribution is -2.59. The normalized spacial score (nSPS) is 15.6. The Morgan fingerprint density at radius 1 is 1.11 bits per heavy atom. The zero-order valence-electron chi connectivity index (χ0n) is 16.5. The van der Waals surface area contributed by atoms with Crippen LogP contribution in [0.3, 0.4) is 0 Å². The second-order valence-corrected chi connectivity index (χ2v) is 7.07. The number of urea groups is 1. The summed E-state index contributed by atoms with van der Waals surface area (Å²) in [6, 6.07) is 7.56. The number of likely N-dealkylation sites (N-methyl/N-ethyl adjacent to an activating group) is 1. The Balaban J connectivity index is 2.00. The number of ether oxygens (including phenoxy) is 1. The highest BCUT2D eigenvalue weighted by Gasteiger charge is 2.37. The second kappa shape index (κ2) is 9.87. The Labute approximate surface area is 164 Å². The maximum atomic E-state index is 12.5. The molecule has 1 fully saturated rings. The van der Waals surface area contributed by atoms with Crippen LogP contribution in [0.15, 0.2) is 30.3 Å². The molecule has 0 saturated carbocycles. The summed E-state index contributed by atoms with van der Waals surface area (Å²) in [7, 11) is 0. The maximum absolute atomic E-state index is 12.5. The summed E-state index contributed by atoms with van der Waals surface area (Å²) < 4.78 is 5.33. The molecule has 1 N–H and O–H groups in total. The average molecular weight is 389 g/mol. The van der Waals surface area contributed by atoms with Gasteiger partial charge in [0.1, 0.15) is 12.6 Å². The van der Waals surface area contributed by atoms with E-state index in [1.807, 2.05) is 44.2 Å². The first kappa shape index (κ1) is 21.4. The summed E-state index contributed by atoms with van der Waals surface area (Å²) in [5.74, 6) is -2.05. The molecule has 8 heteroatoms. The molecule has 1 aliphatic heterocycles. The molecule has 1 saturated heterocycles. The lowest BCUT2D eigenvalue weighted by Gasteiger charge is -2.32. The largest absolute Gasteiger partial charge is 0.459 e. The predicted octanol–water partition coefficient (Wildman–Crippen LogP) is 1.54. The van der Waals surface area contributed by atoms with Gasteiger partial charge in [-0.2, -0.15) is 0 Å². The summed E-state index contributed by atoms with van der Waals surface area (Å²) in [6.45, 7) is 6.47. The van der Waals surface area contributed by atoms with E-state index in [1.165, 1.54) is 4.90 Å². The lowest BCUT2D eigenvalue weighted by molar-refractivity contribution is -0.153. The molecule has 28 heavy (non-hydrogen) atoms. The minimum absolute atomic E-state index is 0.0940. The van der Waals surface area contributed by atoms with Gasteiger partial charge in [0.15, 0.2) is 0 Å². The Morgan fingerprint density at radius 2 is 1.79 bits per heavy atom. The van der Waals surface area contributed by atoms with E-state index < -0.39 is 29.9 Å². The molecular weight excluding hydrogens is 362 g/mol. The lowest BCUT2D eigenvalue weighted by atomic mass is 10.0. The molecule has 1 aromatic rings. The number of hydrogen-bond acceptors (Lipinski definition) is 5. The van der Waals surface area contributed by atoms with Crippen molar-refractivity contribution in [2.75, 3.05) is 19.6 Å². The highest BCUT2D eigenvalue weighted by Crippen LogP contribution is 2.11.